The third-order valence-electron chi connectivity index (χ3n) is 3.68. The molecule has 0 aliphatic carbocycles. The molecule has 2 heterocycles. The second kappa shape index (κ2) is 4.97. The smallest absolute Gasteiger partial charge is 0.163 e. The second-order valence-corrected chi connectivity index (χ2v) is 4.99. The summed E-state index contributed by atoms with van der Waals surface area (Å²) in [5.74, 6) is 0.0439. The molecule has 0 radical (unpaired) electrons. The van der Waals surface area contributed by atoms with Gasteiger partial charge in [-0.05, 0) is 5.56 Å². The molecule has 2 fully saturated rings. The maximum absolute atomic E-state index is 10.2. The van der Waals surface area contributed by atoms with Crippen molar-refractivity contribution in [2.75, 3.05) is 6.61 Å². The Morgan fingerprint density at radius 3 is 2.89 bits per heavy atom. The van der Waals surface area contributed by atoms with Gasteiger partial charge in [0.15, 0.2) is 6.29 Å². The summed E-state index contributed by atoms with van der Waals surface area (Å²) >= 11 is 0. The van der Waals surface area contributed by atoms with E-state index in [-0.39, 0.29) is 24.4 Å². The van der Waals surface area contributed by atoms with E-state index in [0.29, 0.717) is 13.2 Å². The van der Waals surface area contributed by atoms with Crippen molar-refractivity contribution >= 4 is 0 Å². The van der Waals surface area contributed by atoms with Crippen LogP contribution in [0.15, 0.2) is 30.3 Å². The van der Waals surface area contributed by atoms with Gasteiger partial charge in [0.1, 0.15) is 12.2 Å². The zero-order valence-corrected chi connectivity index (χ0v) is 10.4. The van der Waals surface area contributed by atoms with Crippen molar-refractivity contribution in [3.05, 3.63) is 35.9 Å². The Hall–Kier alpha value is -0.940. The first-order valence-corrected chi connectivity index (χ1v) is 6.36. The number of ether oxygens (including phenoxy) is 3. The van der Waals surface area contributed by atoms with Crippen LogP contribution in [0.25, 0.3) is 0 Å². The number of rotatable bonds is 3. The van der Waals surface area contributed by atoms with E-state index in [0.717, 1.165) is 5.56 Å². The lowest BCUT2D eigenvalue weighted by molar-refractivity contribution is -0.215. The average molecular weight is 250 g/mol. The minimum atomic E-state index is -0.609. The summed E-state index contributed by atoms with van der Waals surface area (Å²) in [6, 6.07) is 9.97. The molecule has 3 unspecified atom stereocenters. The van der Waals surface area contributed by atoms with E-state index in [1.54, 1.807) is 0 Å². The summed E-state index contributed by atoms with van der Waals surface area (Å²) < 4.78 is 16.9. The third kappa shape index (κ3) is 2.17. The van der Waals surface area contributed by atoms with Crippen LogP contribution in [0.5, 0.6) is 0 Å². The van der Waals surface area contributed by atoms with Crippen LogP contribution in [0.3, 0.4) is 0 Å². The molecule has 2 aliphatic heterocycles. The van der Waals surface area contributed by atoms with Crippen molar-refractivity contribution in [1.29, 1.82) is 0 Å². The van der Waals surface area contributed by atoms with Gasteiger partial charge in [-0.25, -0.2) is 0 Å². The van der Waals surface area contributed by atoms with E-state index in [2.05, 4.69) is 0 Å². The molecule has 0 aromatic heterocycles. The number of hydrogen-bond donors (Lipinski definition) is 1. The molecular weight excluding hydrogens is 232 g/mol. The molecule has 5 atom stereocenters. The van der Waals surface area contributed by atoms with Gasteiger partial charge in [-0.2, -0.15) is 0 Å². The van der Waals surface area contributed by atoms with Crippen molar-refractivity contribution in [3.8, 4) is 0 Å². The molecule has 1 aromatic rings. The quantitative estimate of drug-likeness (QED) is 0.879. The van der Waals surface area contributed by atoms with Crippen LogP contribution in [-0.2, 0) is 20.8 Å². The van der Waals surface area contributed by atoms with Crippen molar-refractivity contribution in [1.82, 2.24) is 0 Å². The maximum atomic E-state index is 10.2. The van der Waals surface area contributed by atoms with Crippen LogP contribution in [0.2, 0.25) is 0 Å². The molecule has 2 bridgehead atoms. The lowest BCUT2D eigenvalue weighted by atomic mass is 9.94. The molecule has 2 saturated heterocycles. The Balaban J connectivity index is 1.65. The monoisotopic (exact) mass is 250 g/mol. The Labute approximate surface area is 106 Å². The van der Waals surface area contributed by atoms with Crippen molar-refractivity contribution in [3.63, 3.8) is 0 Å². The van der Waals surface area contributed by atoms with Gasteiger partial charge in [0.05, 0.1) is 19.3 Å². The van der Waals surface area contributed by atoms with Crippen molar-refractivity contribution in [2.24, 2.45) is 5.92 Å². The van der Waals surface area contributed by atoms with E-state index in [9.17, 15) is 5.11 Å². The number of hydrogen-bond acceptors (Lipinski definition) is 4. The molecular formula is C14H18O4. The van der Waals surface area contributed by atoms with E-state index in [1.807, 2.05) is 37.3 Å². The Bertz CT molecular complexity index is 378. The molecule has 98 valence electrons. The van der Waals surface area contributed by atoms with Crippen LogP contribution >= 0.6 is 0 Å². The summed E-state index contributed by atoms with van der Waals surface area (Å²) in [6.45, 7) is 2.96. The van der Waals surface area contributed by atoms with Crippen molar-refractivity contribution < 1.29 is 19.3 Å². The topological polar surface area (TPSA) is 47.9 Å². The molecule has 1 N–H and O–H groups in total. The molecule has 4 heteroatoms. The lowest BCUT2D eigenvalue weighted by Crippen LogP contribution is -2.50. The standard InChI is InChI=1S/C14H18O4/c1-9-13(12(15)11-8-17-14(9)18-11)16-7-10-5-3-2-4-6-10/h2-6,9,11-15H,7-8H2,1H3/t9-,11?,12?,13+,14?/m1/s1. The lowest BCUT2D eigenvalue weighted by Gasteiger charge is -2.36. The first-order chi connectivity index (χ1) is 8.75. The number of aliphatic hydroxyl groups is 1. The van der Waals surface area contributed by atoms with E-state index < -0.39 is 6.10 Å². The summed E-state index contributed by atoms with van der Waals surface area (Å²) in [5, 5.41) is 10.2. The largest absolute Gasteiger partial charge is 0.388 e. The van der Waals surface area contributed by atoms with Crippen LogP contribution in [0, 0.1) is 5.92 Å². The molecule has 1 aromatic carbocycles. The molecule has 0 saturated carbocycles. The highest BCUT2D eigenvalue weighted by atomic mass is 16.7. The number of fused-ring (bicyclic) bond motifs is 2. The Kier molecular flexibility index (Phi) is 3.35. The molecule has 3 rings (SSSR count). The summed E-state index contributed by atoms with van der Waals surface area (Å²) in [6.07, 6.45) is -1.31. The number of aliphatic hydroxyl groups excluding tert-OH is 1. The fourth-order valence-electron chi connectivity index (χ4n) is 2.59. The highest BCUT2D eigenvalue weighted by Crippen LogP contribution is 2.34. The van der Waals surface area contributed by atoms with E-state index in [1.165, 1.54) is 0 Å². The predicted octanol–water partition coefficient (Wildman–Crippen LogP) is 1.32. The summed E-state index contributed by atoms with van der Waals surface area (Å²) in [5.41, 5.74) is 1.11. The first kappa shape index (κ1) is 12.1. The first-order valence-electron chi connectivity index (χ1n) is 6.36. The molecule has 0 amide bonds. The SMILES string of the molecule is C[C@H]1C2OCC(O2)C(O)[C@H]1OCc1ccccc1. The minimum Gasteiger partial charge on any atom is -0.388 e. The second-order valence-electron chi connectivity index (χ2n) is 4.99. The van der Waals surface area contributed by atoms with Gasteiger partial charge in [0, 0.05) is 5.92 Å². The molecule has 0 spiro atoms. The summed E-state index contributed by atoms with van der Waals surface area (Å²) in [4.78, 5) is 0. The predicted molar refractivity (Wildman–Crippen MR) is 64.8 cm³/mol. The third-order valence-corrected chi connectivity index (χ3v) is 3.68. The maximum Gasteiger partial charge on any atom is 0.163 e. The van der Waals surface area contributed by atoms with Gasteiger partial charge in [-0.15, -0.1) is 0 Å². The van der Waals surface area contributed by atoms with Crippen LogP contribution in [0.4, 0.5) is 0 Å². The van der Waals surface area contributed by atoms with Gasteiger partial charge >= 0.3 is 0 Å². The zero-order valence-electron chi connectivity index (χ0n) is 10.4. The molecule has 4 nitrogen and oxygen atoms in total. The van der Waals surface area contributed by atoms with Gasteiger partial charge < -0.3 is 19.3 Å². The fourth-order valence-corrected chi connectivity index (χ4v) is 2.59. The Morgan fingerprint density at radius 2 is 2.11 bits per heavy atom. The van der Waals surface area contributed by atoms with E-state index in [4.69, 9.17) is 14.2 Å². The van der Waals surface area contributed by atoms with Gasteiger partial charge in [-0.1, -0.05) is 37.3 Å². The molecule has 2 aliphatic rings. The van der Waals surface area contributed by atoms with Gasteiger partial charge in [0.2, 0.25) is 0 Å². The van der Waals surface area contributed by atoms with Gasteiger partial charge in [0.25, 0.3) is 0 Å². The normalized spacial score (nSPS) is 38.9. The van der Waals surface area contributed by atoms with Gasteiger partial charge in [-0.3, -0.25) is 0 Å². The summed E-state index contributed by atoms with van der Waals surface area (Å²) in [7, 11) is 0. The fraction of sp³-hybridized carbons (Fsp3) is 0.571. The average Bonchev–Trinajstić information content (AvgIpc) is 2.85. The van der Waals surface area contributed by atoms with Crippen LogP contribution in [-0.4, -0.2) is 36.3 Å². The van der Waals surface area contributed by atoms with Crippen molar-refractivity contribution in [2.45, 2.75) is 38.1 Å². The van der Waals surface area contributed by atoms with Crippen LogP contribution < -0.4 is 0 Å². The highest BCUT2D eigenvalue weighted by Gasteiger charge is 2.48. The van der Waals surface area contributed by atoms with Crippen LogP contribution in [0.1, 0.15) is 12.5 Å². The zero-order chi connectivity index (χ0) is 12.5. The number of benzene rings is 1. The Morgan fingerprint density at radius 1 is 1.33 bits per heavy atom. The highest BCUT2D eigenvalue weighted by molar-refractivity contribution is 5.13. The van der Waals surface area contributed by atoms with E-state index >= 15 is 0 Å². The molecule has 18 heavy (non-hydrogen) atoms. The minimum absolute atomic E-state index is 0.0439.